The molecule has 2 heterocycles. The number of benzene rings is 1. The van der Waals surface area contributed by atoms with E-state index in [0.717, 1.165) is 31.8 Å². The SMILES string of the molecule is CC(CNC(=O)c1cc(S(=O)(=O)N2CCOCC2)ccc1F)CN1CCCCC1. The molecule has 29 heavy (non-hydrogen) atoms. The van der Waals surface area contributed by atoms with Gasteiger partial charge in [-0.3, -0.25) is 4.79 Å². The van der Waals surface area contributed by atoms with Crippen LogP contribution in [0, 0.1) is 11.7 Å². The van der Waals surface area contributed by atoms with Crippen LogP contribution in [0.4, 0.5) is 4.39 Å². The highest BCUT2D eigenvalue weighted by molar-refractivity contribution is 7.89. The number of halogens is 1. The van der Waals surface area contributed by atoms with E-state index in [-0.39, 0.29) is 29.5 Å². The topological polar surface area (TPSA) is 79.0 Å². The summed E-state index contributed by atoms with van der Waals surface area (Å²) >= 11 is 0. The number of hydrogen-bond acceptors (Lipinski definition) is 5. The molecule has 2 aliphatic rings. The molecule has 0 aliphatic carbocycles. The van der Waals surface area contributed by atoms with Crippen molar-refractivity contribution in [2.24, 2.45) is 5.92 Å². The van der Waals surface area contributed by atoms with Gasteiger partial charge in [-0.15, -0.1) is 0 Å². The van der Waals surface area contributed by atoms with E-state index in [1.54, 1.807) is 0 Å². The lowest BCUT2D eigenvalue weighted by atomic mass is 10.1. The predicted molar refractivity (Wildman–Crippen MR) is 108 cm³/mol. The highest BCUT2D eigenvalue weighted by Crippen LogP contribution is 2.20. The summed E-state index contributed by atoms with van der Waals surface area (Å²) in [6.07, 6.45) is 3.67. The van der Waals surface area contributed by atoms with Crippen LogP contribution in [0.2, 0.25) is 0 Å². The number of likely N-dealkylation sites (tertiary alicyclic amines) is 1. The first-order valence-corrected chi connectivity index (χ1v) is 11.7. The third-order valence-corrected chi connectivity index (χ3v) is 7.31. The molecule has 2 fully saturated rings. The molecule has 1 aromatic rings. The average molecular weight is 428 g/mol. The number of ether oxygens (including phenoxy) is 1. The summed E-state index contributed by atoms with van der Waals surface area (Å²) < 4.78 is 46.3. The summed E-state index contributed by atoms with van der Waals surface area (Å²) in [5, 5.41) is 2.75. The maximum absolute atomic E-state index is 14.3. The third-order valence-electron chi connectivity index (χ3n) is 5.42. The van der Waals surface area contributed by atoms with E-state index in [2.05, 4.69) is 10.2 Å². The molecule has 1 unspecified atom stereocenters. The number of carbonyl (C=O) groups is 1. The Labute approximate surface area is 172 Å². The number of morpholine rings is 1. The van der Waals surface area contributed by atoms with E-state index in [0.29, 0.717) is 19.8 Å². The number of piperidine rings is 1. The van der Waals surface area contributed by atoms with Crippen LogP contribution < -0.4 is 5.32 Å². The number of nitrogens with zero attached hydrogens (tertiary/aromatic N) is 2. The number of sulfonamides is 1. The van der Waals surface area contributed by atoms with Gasteiger partial charge in [0.05, 0.1) is 23.7 Å². The molecule has 1 amide bonds. The summed E-state index contributed by atoms with van der Waals surface area (Å²) in [7, 11) is -3.79. The molecule has 7 nitrogen and oxygen atoms in total. The summed E-state index contributed by atoms with van der Waals surface area (Å²) in [5.41, 5.74) is -0.246. The van der Waals surface area contributed by atoms with Gasteiger partial charge in [0.2, 0.25) is 10.0 Å². The lowest BCUT2D eigenvalue weighted by Crippen LogP contribution is -2.40. The number of hydrogen-bond donors (Lipinski definition) is 1. The molecule has 2 aliphatic heterocycles. The summed E-state index contributed by atoms with van der Waals surface area (Å²) in [4.78, 5) is 14.8. The van der Waals surface area contributed by atoms with Gasteiger partial charge in [-0.1, -0.05) is 13.3 Å². The Morgan fingerprint density at radius 2 is 1.86 bits per heavy atom. The Kier molecular flexibility index (Phi) is 7.61. The molecule has 1 N–H and O–H groups in total. The Morgan fingerprint density at radius 3 is 2.55 bits per heavy atom. The number of amides is 1. The van der Waals surface area contributed by atoms with Gasteiger partial charge in [0.15, 0.2) is 0 Å². The van der Waals surface area contributed by atoms with Crippen molar-refractivity contribution in [1.82, 2.24) is 14.5 Å². The molecule has 0 saturated carbocycles. The minimum absolute atomic E-state index is 0.0766. The van der Waals surface area contributed by atoms with Crippen LogP contribution in [0.1, 0.15) is 36.5 Å². The molecule has 0 aromatic heterocycles. The van der Waals surface area contributed by atoms with Crippen LogP contribution >= 0.6 is 0 Å². The van der Waals surface area contributed by atoms with Crippen LogP contribution in [-0.2, 0) is 14.8 Å². The second-order valence-corrected chi connectivity index (χ2v) is 9.77. The lowest BCUT2D eigenvalue weighted by molar-refractivity contribution is 0.0730. The van der Waals surface area contributed by atoms with Crippen molar-refractivity contribution < 1.29 is 22.3 Å². The molecule has 9 heteroatoms. The number of nitrogens with one attached hydrogen (secondary N) is 1. The van der Waals surface area contributed by atoms with Crippen LogP contribution in [-0.4, -0.2) is 76.0 Å². The van der Waals surface area contributed by atoms with E-state index in [1.165, 1.54) is 29.6 Å². The van der Waals surface area contributed by atoms with Crippen LogP contribution in [0.5, 0.6) is 0 Å². The Balaban J connectivity index is 1.63. The smallest absolute Gasteiger partial charge is 0.254 e. The lowest BCUT2D eigenvalue weighted by Gasteiger charge is -2.29. The van der Waals surface area contributed by atoms with E-state index in [9.17, 15) is 17.6 Å². The number of rotatable bonds is 7. The van der Waals surface area contributed by atoms with Crippen LogP contribution in [0.25, 0.3) is 0 Å². The minimum Gasteiger partial charge on any atom is -0.379 e. The van der Waals surface area contributed by atoms with Crippen molar-refractivity contribution in [3.05, 3.63) is 29.6 Å². The van der Waals surface area contributed by atoms with E-state index in [4.69, 9.17) is 4.74 Å². The summed E-state index contributed by atoms with van der Waals surface area (Å²) in [6, 6.07) is 3.38. The van der Waals surface area contributed by atoms with E-state index >= 15 is 0 Å². The van der Waals surface area contributed by atoms with Gasteiger partial charge in [-0.2, -0.15) is 4.31 Å². The summed E-state index contributed by atoms with van der Waals surface area (Å²) in [5.74, 6) is -1.10. The second-order valence-electron chi connectivity index (χ2n) is 7.83. The first-order chi connectivity index (χ1) is 13.9. The minimum atomic E-state index is -3.79. The van der Waals surface area contributed by atoms with Crippen molar-refractivity contribution in [2.75, 3.05) is 52.5 Å². The van der Waals surface area contributed by atoms with Crippen LogP contribution in [0.15, 0.2) is 23.1 Å². The fourth-order valence-electron chi connectivity index (χ4n) is 3.78. The Morgan fingerprint density at radius 1 is 1.17 bits per heavy atom. The third kappa shape index (κ3) is 5.75. The Hall–Kier alpha value is -1.55. The first-order valence-electron chi connectivity index (χ1n) is 10.3. The normalized spacial score (nSPS) is 20.3. The molecular formula is C20H30FN3O4S. The van der Waals surface area contributed by atoms with Crippen molar-refractivity contribution in [3.8, 4) is 0 Å². The van der Waals surface area contributed by atoms with Gasteiger partial charge in [0.25, 0.3) is 5.91 Å². The molecule has 0 radical (unpaired) electrons. The fourth-order valence-corrected chi connectivity index (χ4v) is 5.22. The van der Waals surface area contributed by atoms with Gasteiger partial charge >= 0.3 is 0 Å². The maximum Gasteiger partial charge on any atom is 0.254 e. The first kappa shape index (κ1) is 22.1. The quantitative estimate of drug-likeness (QED) is 0.717. The fraction of sp³-hybridized carbons (Fsp3) is 0.650. The molecule has 0 spiro atoms. The monoisotopic (exact) mass is 427 g/mol. The molecule has 1 atom stereocenters. The van der Waals surface area contributed by atoms with Gasteiger partial charge < -0.3 is 15.0 Å². The average Bonchev–Trinajstić information content (AvgIpc) is 2.73. The second kappa shape index (κ2) is 9.97. The molecule has 162 valence electrons. The highest BCUT2D eigenvalue weighted by atomic mass is 32.2. The molecule has 2 saturated heterocycles. The van der Waals surface area contributed by atoms with E-state index in [1.807, 2.05) is 6.92 Å². The van der Waals surface area contributed by atoms with Gasteiger partial charge in [-0.25, -0.2) is 12.8 Å². The predicted octanol–water partition coefficient (Wildman–Crippen LogP) is 1.70. The molecule has 0 bridgehead atoms. The van der Waals surface area contributed by atoms with E-state index < -0.39 is 21.7 Å². The van der Waals surface area contributed by atoms with Crippen LogP contribution in [0.3, 0.4) is 0 Å². The standard InChI is InChI=1S/C20H30FN3O4S/c1-16(15-23-7-3-2-4-8-23)14-22-20(25)18-13-17(5-6-19(18)21)29(26,27)24-9-11-28-12-10-24/h5-6,13,16H,2-4,7-12,14-15H2,1H3,(H,22,25). The van der Waals surface area contributed by atoms with Crippen molar-refractivity contribution in [2.45, 2.75) is 31.1 Å². The molecule has 1 aromatic carbocycles. The summed E-state index contributed by atoms with van der Waals surface area (Å²) in [6.45, 7) is 6.63. The van der Waals surface area contributed by atoms with Gasteiger partial charge in [0.1, 0.15) is 5.82 Å². The van der Waals surface area contributed by atoms with Crippen molar-refractivity contribution in [3.63, 3.8) is 0 Å². The highest BCUT2D eigenvalue weighted by Gasteiger charge is 2.28. The zero-order valence-corrected chi connectivity index (χ0v) is 17.7. The Bertz CT molecular complexity index is 806. The largest absolute Gasteiger partial charge is 0.379 e. The number of carbonyl (C=O) groups excluding carboxylic acids is 1. The van der Waals surface area contributed by atoms with Crippen molar-refractivity contribution in [1.29, 1.82) is 0 Å². The molecular weight excluding hydrogens is 397 g/mol. The zero-order valence-electron chi connectivity index (χ0n) is 16.9. The maximum atomic E-state index is 14.3. The van der Waals surface area contributed by atoms with Crippen molar-refractivity contribution >= 4 is 15.9 Å². The van der Waals surface area contributed by atoms with Gasteiger partial charge in [0, 0.05) is 26.2 Å². The van der Waals surface area contributed by atoms with Gasteiger partial charge in [-0.05, 0) is 50.0 Å². The molecule has 3 rings (SSSR count). The zero-order chi connectivity index (χ0) is 20.9.